The molecule has 0 spiro atoms. The van der Waals surface area contributed by atoms with Gasteiger partial charge in [-0.1, -0.05) is 36.4 Å². The van der Waals surface area contributed by atoms with Crippen LogP contribution >= 0.6 is 0 Å². The molecule has 6 heteroatoms. The number of esters is 1. The molecule has 0 radical (unpaired) electrons. The van der Waals surface area contributed by atoms with Crippen molar-refractivity contribution in [1.29, 1.82) is 0 Å². The fraction of sp³-hybridized carbons (Fsp3) is 0.167. The van der Waals surface area contributed by atoms with Crippen LogP contribution in [0.15, 0.2) is 65.1 Å². The molecule has 1 aromatic heterocycles. The number of fused-ring (bicyclic) bond motifs is 2. The molecular weight excluding hydrogens is 382 g/mol. The second-order valence-electron chi connectivity index (χ2n) is 6.98. The average molecular weight is 403 g/mol. The second-order valence-corrected chi connectivity index (χ2v) is 6.98. The van der Waals surface area contributed by atoms with Crippen molar-refractivity contribution in [3.63, 3.8) is 0 Å². The minimum absolute atomic E-state index is 0.0723. The lowest BCUT2D eigenvalue weighted by Crippen LogP contribution is -2.30. The van der Waals surface area contributed by atoms with Crippen LogP contribution in [-0.2, 0) is 9.53 Å². The Balaban J connectivity index is 1.51. The minimum Gasteiger partial charge on any atom is -0.497 e. The first-order valence-electron chi connectivity index (χ1n) is 9.54. The topological polar surface area (TPSA) is 77.8 Å². The van der Waals surface area contributed by atoms with Crippen molar-refractivity contribution in [3.05, 3.63) is 72.0 Å². The summed E-state index contributed by atoms with van der Waals surface area (Å²) in [6, 6.07) is 18.6. The van der Waals surface area contributed by atoms with Crippen LogP contribution in [0.3, 0.4) is 0 Å². The molecule has 3 aromatic carbocycles. The summed E-state index contributed by atoms with van der Waals surface area (Å²) >= 11 is 0. The number of amides is 1. The number of carbonyl (C=O) groups excluding carboxylic acids is 2. The molecule has 0 fully saturated rings. The Bertz CT molecular complexity index is 1250. The summed E-state index contributed by atoms with van der Waals surface area (Å²) in [5.41, 5.74) is 1.84. The van der Waals surface area contributed by atoms with E-state index in [9.17, 15) is 9.59 Å². The van der Waals surface area contributed by atoms with E-state index < -0.39 is 18.0 Å². The molecule has 30 heavy (non-hydrogen) atoms. The summed E-state index contributed by atoms with van der Waals surface area (Å²) in [5, 5.41) is 5.51. The molecule has 1 heterocycles. The van der Waals surface area contributed by atoms with Crippen LogP contribution in [-0.4, -0.2) is 25.1 Å². The van der Waals surface area contributed by atoms with Gasteiger partial charge >= 0.3 is 5.97 Å². The fourth-order valence-corrected chi connectivity index (χ4v) is 3.36. The summed E-state index contributed by atoms with van der Waals surface area (Å²) in [6.45, 7) is 3.29. The monoisotopic (exact) mass is 403 g/mol. The van der Waals surface area contributed by atoms with E-state index >= 15 is 0 Å². The van der Waals surface area contributed by atoms with Crippen LogP contribution in [0.25, 0.3) is 21.7 Å². The van der Waals surface area contributed by atoms with Crippen molar-refractivity contribution in [3.8, 4) is 5.75 Å². The van der Waals surface area contributed by atoms with Crippen LogP contribution < -0.4 is 10.1 Å². The Morgan fingerprint density at radius 2 is 1.77 bits per heavy atom. The predicted molar refractivity (Wildman–Crippen MR) is 115 cm³/mol. The maximum absolute atomic E-state index is 12.6. The van der Waals surface area contributed by atoms with E-state index in [0.717, 1.165) is 16.2 Å². The van der Waals surface area contributed by atoms with Gasteiger partial charge in [0.2, 0.25) is 5.76 Å². The summed E-state index contributed by atoms with van der Waals surface area (Å²) in [6.07, 6.45) is -1.00. The van der Waals surface area contributed by atoms with E-state index in [4.69, 9.17) is 13.9 Å². The number of ether oxygens (including phenoxy) is 2. The van der Waals surface area contributed by atoms with E-state index in [1.54, 1.807) is 32.2 Å². The number of benzene rings is 3. The van der Waals surface area contributed by atoms with E-state index in [1.807, 2.05) is 42.5 Å². The second kappa shape index (κ2) is 7.91. The molecule has 1 amide bonds. The lowest BCUT2D eigenvalue weighted by Gasteiger charge is -2.14. The standard InChI is InChI=1S/C24H21NO5/c1-14-19-13-17(28-3)11-12-21(19)30-22(14)24(27)29-15(2)23(26)25-20-10-6-8-16-7-4-5-9-18(16)20/h4-13,15H,1-3H3,(H,25,26)/t15-/m0/s1. The van der Waals surface area contributed by atoms with Crippen molar-refractivity contribution >= 4 is 39.3 Å². The predicted octanol–water partition coefficient (Wildman–Crippen LogP) is 5.09. The molecule has 1 atom stereocenters. The Morgan fingerprint density at radius 1 is 1.00 bits per heavy atom. The zero-order valence-electron chi connectivity index (χ0n) is 16.9. The molecule has 0 unspecified atom stereocenters. The number of hydrogen-bond acceptors (Lipinski definition) is 5. The maximum atomic E-state index is 12.6. The Hall–Kier alpha value is -3.80. The number of nitrogens with one attached hydrogen (secondary N) is 1. The van der Waals surface area contributed by atoms with Gasteiger partial charge in [-0.15, -0.1) is 0 Å². The highest BCUT2D eigenvalue weighted by Gasteiger charge is 2.24. The number of anilines is 1. The molecule has 0 aliphatic heterocycles. The van der Waals surface area contributed by atoms with Gasteiger partial charge in [-0.3, -0.25) is 4.79 Å². The quantitative estimate of drug-likeness (QED) is 0.470. The smallest absolute Gasteiger partial charge is 0.375 e. The van der Waals surface area contributed by atoms with E-state index in [1.165, 1.54) is 6.92 Å². The average Bonchev–Trinajstić information content (AvgIpc) is 3.09. The van der Waals surface area contributed by atoms with Crippen LogP contribution in [0.1, 0.15) is 23.0 Å². The van der Waals surface area contributed by atoms with Gasteiger partial charge in [-0.25, -0.2) is 4.79 Å². The number of aryl methyl sites for hydroxylation is 1. The third kappa shape index (κ3) is 3.59. The van der Waals surface area contributed by atoms with Gasteiger partial charge in [0.25, 0.3) is 5.91 Å². The summed E-state index contributed by atoms with van der Waals surface area (Å²) in [7, 11) is 1.57. The first-order chi connectivity index (χ1) is 14.5. The van der Waals surface area contributed by atoms with Crippen molar-refractivity contribution in [2.45, 2.75) is 20.0 Å². The molecule has 0 aliphatic rings. The highest BCUT2D eigenvalue weighted by atomic mass is 16.6. The van der Waals surface area contributed by atoms with Gasteiger partial charge in [0.1, 0.15) is 11.3 Å². The van der Waals surface area contributed by atoms with Gasteiger partial charge in [0.05, 0.1) is 7.11 Å². The highest BCUT2D eigenvalue weighted by Crippen LogP contribution is 2.29. The van der Waals surface area contributed by atoms with Crippen LogP contribution in [0.5, 0.6) is 5.75 Å². The largest absolute Gasteiger partial charge is 0.497 e. The summed E-state index contributed by atoms with van der Waals surface area (Å²) < 4.78 is 16.2. The Labute approximate surface area is 173 Å². The molecule has 0 bridgehead atoms. The van der Waals surface area contributed by atoms with Crippen molar-refractivity contribution in [2.75, 3.05) is 12.4 Å². The molecule has 0 saturated carbocycles. The molecule has 4 aromatic rings. The zero-order valence-corrected chi connectivity index (χ0v) is 16.9. The zero-order chi connectivity index (χ0) is 21.3. The number of rotatable bonds is 5. The van der Waals surface area contributed by atoms with Gasteiger partial charge < -0.3 is 19.2 Å². The third-order valence-corrected chi connectivity index (χ3v) is 5.03. The van der Waals surface area contributed by atoms with Crippen molar-refractivity contribution in [1.82, 2.24) is 0 Å². The van der Waals surface area contributed by atoms with E-state index in [-0.39, 0.29) is 5.76 Å². The SMILES string of the molecule is COc1ccc2oc(C(=O)O[C@@H](C)C(=O)Nc3cccc4ccccc34)c(C)c2c1. The molecule has 1 N–H and O–H groups in total. The third-order valence-electron chi connectivity index (χ3n) is 5.03. The van der Waals surface area contributed by atoms with Gasteiger partial charge in [0, 0.05) is 22.0 Å². The summed E-state index contributed by atoms with van der Waals surface area (Å²) in [4.78, 5) is 25.3. The van der Waals surface area contributed by atoms with Crippen molar-refractivity contribution < 1.29 is 23.5 Å². The van der Waals surface area contributed by atoms with Gasteiger partial charge in [-0.2, -0.15) is 0 Å². The van der Waals surface area contributed by atoms with E-state index in [2.05, 4.69) is 5.32 Å². The molecule has 0 saturated heterocycles. The molecular formula is C24H21NO5. The Morgan fingerprint density at radius 3 is 2.57 bits per heavy atom. The van der Waals surface area contributed by atoms with Crippen LogP contribution in [0, 0.1) is 6.92 Å². The van der Waals surface area contributed by atoms with E-state index in [0.29, 0.717) is 22.6 Å². The molecule has 6 nitrogen and oxygen atoms in total. The number of hydrogen-bond donors (Lipinski definition) is 1. The Kier molecular flexibility index (Phi) is 5.14. The van der Waals surface area contributed by atoms with Crippen molar-refractivity contribution in [2.24, 2.45) is 0 Å². The fourth-order valence-electron chi connectivity index (χ4n) is 3.36. The molecule has 152 valence electrons. The maximum Gasteiger partial charge on any atom is 0.375 e. The minimum atomic E-state index is -1.00. The van der Waals surface area contributed by atoms with Gasteiger partial charge in [0.15, 0.2) is 6.10 Å². The lowest BCUT2D eigenvalue weighted by atomic mass is 10.1. The van der Waals surface area contributed by atoms with Crippen LogP contribution in [0.4, 0.5) is 5.69 Å². The molecule has 4 rings (SSSR count). The number of carbonyl (C=O) groups is 2. The molecule has 0 aliphatic carbocycles. The van der Waals surface area contributed by atoms with Gasteiger partial charge in [-0.05, 0) is 43.5 Å². The first-order valence-corrected chi connectivity index (χ1v) is 9.54. The normalized spacial score (nSPS) is 12.0. The number of furan rings is 1. The number of methoxy groups -OCH3 is 1. The summed E-state index contributed by atoms with van der Waals surface area (Å²) in [5.74, 6) is -0.379. The highest BCUT2D eigenvalue weighted by molar-refractivity contribution is 6.04. The first kappa shape index (κ1) is 19.5. The lowest BCUT2D eigenvalue weighted by molar-refractivity contribution is -0.123. The van der Waals surface area contributed by atoms with Crippen LogP contribution in [0.2, 0.25) is 0 Å².